The average Bonchev–Trinajstić information content (AvgIpc) is 2.67. The summed E-state index contributed by atoms with van der Waals surface area (Å²) in [4.78, 5) is 6.86. The number of rotatable bonds is 7. The Bertz CT molecular complexity index is 909. The molecule has 0 atom stereocenters. The molecule has 0 bridgehead atoms. The van der Waals surface area contributed by atoms with Gasteiger partial charge in [-0.1, -0.05) is 17.7 Å². The van der Waals surface area contributed by atoms with Crippen molar-refractivity contribution in [3.8, 4) is 0 Å². The molecule has 3 aromatic rings. The van der Waals surface area contributed by atoms with Crippen molar-refractivity contribution in [1.82, 2.24) is 15.2 Å². The number of aryl methyl sites for hydroxylation is 3. The first-order valence-electron chi connectivity index (χ1n) is 9.66. The third-order valence-corrected chi connectivity index (χ3v) is 4.74. The first-order valence-corrected chi connectivity index (χ1v) is 9.66. The first kappa shape index (κ1) is 19.6. The molecule has 0 amide bonds. The predicted molar refractivity (Wildman–Crippen MR) is 117 cm³/mol. The molecule has 2 N–H and O–H groups in total. The average molecular weight is 377 g/mol. The van der Waals surface area contributed by atoms with Gasteiger partial charge in [0.25, 0.3) is 0 Å². The van der Waals surface area contributed by atoms with Crippen LogP contribution < -0.4 is 15.5 Å². The highest BCUT2D eigenvalue weighted by atomic mass is 15.3. The van der Waals surface area contributed by atoms with Gasteiger partial charge in [0.15, 0.2) is 5.82 Å². The van der Waals surface area contributed by atoms with Crippen LogP contribution in [0.25, 0.3) is 0 Å². The van der Waals surface area contributed by atoms with Gasteiger partial charge in [0, 0.05) is 30.2 Å². The fourth-order valence-corrected chi connectivity index (χ4v) is 3.40. The molecule has 0 unspecified atom stereocenters. The molecule has 1 aromatic heterocycles. The Morgan fingerprint density at radius 2 is 1.54 bits per heavy atom. The van der Waals surface area contributed by atoms with Crippen LogP contribution in [-0.4, -0.2) is 28.3 Å². The van der Waals surface area contributed by atoms with Crippen molar-refractivity contribution in [2.75, 3.05) is 28.6 Å². The zero-order valence-corrected chi connectivity index (χ0v) is 17.2. The van der Waals surface area contributed by atoms with Crippen LogP contribution in [0.4, 0.5) is 28.8 Å². The van der Waals surface area contributed by atoms with E-state index in [1.54, 1.807) is 6.20 Å². The highest BCUT2D eigenvalue weighted by Crippen LogP contribution is 2.25. The minimum Gasteiger partial charge on any atom is -0.372 e. The standard InChI is InChI=1S/C22H28N6/c1-6-28(7-2)19-10-8-18(9-11-19)24-20-14-23-27-22(25-20)26-21-16(4)12-15(3)13-17(21)5/h8-14H,6-7H2,1-5H3,(H2,24,25,26,27). The second-order valence-electron chi connectivity index (χ2n) is 6.91. The Morgan fingerprint density at radius 1 is 0.893 bits per heavy atom. The fraction of sp³-hybridized carbons (Fsp3) is 0.318. The van der Waals surface area contributed by atoms with E-state index in [4.69, 9.17) is 0 Å². The van der Waals surface area contributed by atoms with E-state index in [1.165, 1.54) is 11.3 Å². The second-order valence-corrected chi connectivity index (χ2v) is 6.91. The van der Waals surface area contributed by atoms with Crippen molar-refractivity contribution in [2.24, 2.45) is 0 Å². The molecule has 0 aliphatic carbocycles. The summed E-state index contributed by atoms with van der Waals surface area (Å²) in [5.74, 6) is 1.12. The van der Waals surface area contributed by atoms with Crippen molar-refractivity contribution in [1.29, 1.82) is 0 Å². The highest BCUT2D eigenvalue weighted by molar-refractivity contribution is 5.65. The Balaban J connectivity index is 1.75. The maximum atomic E-state index is 4.55. The van der Waals surface area contributed by atoms with E-state index < -0.39 is 0 Å². The Hall–Kier alpha value is -3.15. The van der Waals surface area contributed by atoms with Crippen LogP contribution in [0.1, 0.15) is 30.5 Å². The summed E-state index contributed by atoms with van der Waals surface area (Å²) in [6.45, 7) is 12.6. The van der Waals surface area contributed by atoms with E-state index in [0.717, 1.165) is 35.6 Å². The van der Waals surface area contributed by atoms with E-state index in [1.807, 2.05) is 0 Å². The zero-order valence-electron chi connectivity index (χ0n) is 17.2. The molecule has 0 saturated heterocycles. The van der Waals surface area contributed by atoms with Gasteiger partial charge >= 0.3 is 0 Å². The molecule has 6 nitrogen and oxygen atoms in total. The maximum absolute atomic E-state index is 4.55. The Kier molecular flexibility index (Phi) is 6.09. The third-order valence-electron chi connectivity index (χ3n) is 4.74. The van der Waals surface area contributed by atoms with E-state index in [2.05, 4.69) is 102 Å². The molecule has 28 heavy (non-hydrogen) atoms. The summed E-state index contributed by atoms with van der Waals surface area (Å²) < 4.78 is 0. The third kappa shape index (κ3) is 4.57. The lowest BCUT2D eigenvalue weighted by Gasteiger charge is -2.21. The molecule has 0 saturated carbocycles. The van der Waals surface area contributed by atoms with Crippen LogP contribution in [0.5, 0.6) is 0 Å². The number of anilines is 5. The topological polar surface area (TPSA) is 66.0 Å². The lowest BCUT2D eigenvalue weighted by molar-refractivity contribution is 0.866. The SMILES string of the molecule is CCN(CC)c1ccc(Nc2cnnc(Nc3c(C)cc(C)cc3C)n2)cc1. The van der Waals surface area contributed by atoms with Crippen molar-refractivity contribution < 1.29 is 0 Å². The highest BCUT2D eigenvalue weighted by Gasteiger charge is 2.08. The maximum Gasteiger partial charge on any atom is 0.249 e. The van der Waals surface area contributed by atoms with Crippen molar-refractivity contribution in [3.05, 3.63) is 59.3 Å². The van der Waals surface area contributed by atoms with Gasteiger partial charge in [0.1, 0.15) is 0 Å². The molecule has 0 spiro atoms. The summed E-state index contributed by atoms with van der Waals surface area (Å²) in [5, 5.41) is 14.8. The largest absolute Gasteiger partial charge is 0.372 e. The number of benzene rings is 2. The molecule has 6 heteroatoms. The van der Waals surface area contributed by atoms with Crippen LogP contribution >= 0.6 is 0 Å². The Labute approximate surface area is 167 Å². The van der Waals surface area contributed by atoms with Crippen molar-refractivity contribution in [3.63, 3.8) is 0 Å². The predicted octanol–water partition coefficient (Wildman–Crippen LogP) is 5.13. The molecule has 146 valence electrons. The van der Waals surface area contributed by atoms with Gasteiger partial charge in [-0.25, -0.2) is 0 Å². The lowest BCUT2D eigenvalue weighted by Crippen LogP contribution is -2.21. The van der Waals surface area contributed by atoms with Crippen LogP contribution in [0.15, 0.2) is 42.6 Å². The summed E-state index contributed by atoms with van der Waals surface area (Å²) in [5.41, 5.74) is 6.75. The number of nitrogens with zero attached hydrogens (tertiary/aromatic N) is 4. The summed E-state index contributed by atoms with van der Waals surface area (Å²) in [6, 6.07) is 12.6. The molecule has 0 aliphatic rings. The molecule has 0 radical (unpaired) electrons. The number of hydrogen-bond donors (Lipinski definition) is 2. The Morgan fingerprint density at radius 3 is 2.14 bits per heavy atom. The van der Waals surface area contributed by atoms with E-state index in [-0.39, 0.29) is 0 Å². The van der Waals surface area contributed by atoms with Gasteiger partial charge in [-0.3, -0.25) is 0 Å². The van der Waals surface area contributed by atoms with Gasteiger partial charge in [-0.15, -0.1) is 5.10 Å². The van der Waals surface area contributed by atoms with Gasteiger partial charge in [0.05, 0.1) is 6.20 Å². The lowest BCUT2D eigenvalue weighted by atomic mass is 10.1. The molecule has 0 aliphatic heterocycles. The molecular formula is C22H28N6. The summed E-state index contributed by atoms with van der Waals surface area (Å²) in [6.07, 6.45) is 1.62. The van der Waals surface area contributed by atoms with Gasteiger partial charge < -0.3 is 15.5 Å². The van der Waals surface area contributed by atoms with Gasteiger partial charge in [-0.2, -0.15) is 10.1 Å². The monoisotopic (exact) mass is 376 g/mol. The van der Waals surface area contributed by atoms with Crippen LogP contribution in [0.3, 0.4) is 0 Å². The first-order chi connectivity index (χ1) is 13.5. The second kappa shape index (κ2) is 8.69. The fourth-order valence-electron chi connectivity index (χ4n) is 3.40. The van der Waals surface area contributed by atoms with E-state index in [9.17, 15) is 0 Å². The van der Waals surface area contributed by atoms with Crippen LogP contribution in [0, 0.1) is 20.8 Å². The van der Waals surface area contributed by atoms with Crippen LogP contribution in [-0.2, 0) is 0 Å². The molecule has 2 aromatic carbocycles. The molecule has 1 heterocycles. The number of nitrogens with one attached hydrogen (secondary N) is 2. The normalized spacial score (nSPS) is 10.6. The summed E-state index contributed by atoms with van der Waals surface area (Å²) >= 11 is 0. The molecule has 3 rings (SSSR count). The smallest absolute Gasteiger partial charge is 0.249 e. The minimum absolute atomic E-state index is 0.472. The molecule has 0 fully saturated rings. The van der Waals surface area contributed by atoms with Gasteiger partial charge in [-0.05, 0) is 70.0 Å². The summed E-state index contributed by atoms with van der Waals surface area (Å²) in [7, 11) is 0. The molecular weight excluding hydrogens is 348 g/mol. The van der Waals surface area contributed by atoms with Crippen LogP contribution in [0.2, 0.25) is 0 Å². The minimum atomic E-state index is 0.472. The number of aromatic nitrogens is 3. The van der Waals surface area contributed by atoms with E-state index in [0.29, 0.717) is 11.8 Å². The number of hydrogen-bond acceptors (Lipinski definition) is 6. The van der Waals surface area contributed by atoms with E-state index >= 15 is 0 Å². The van der Waals surface area contributed by atoms with Crippen molar-refractivity contribution in [2.45, 2.75) is 34.6 Å². The van der Waals surface area contributed by atoms with Crippen molar-refractivity contribution >= 4 is 28.8 Å². The van der Waals surface area contributed by atoms with Gasteiger partial charge in [0.2, 0.25) is 5.95 Å². The zero-order chi connectivity index (χ0) is 20.1. The quantitative estimate of drug-likeness (QED) is 0.596.